The van der Waals surface area contributed by atoms with Crippen molar-refractivity contribution in [3.8, 4) is 5.75 Å². The molecule has 0 radical (unpaired) electrons. The van der Waals surface area contributed by atoms with Gasteiger partial charge >= 0.3 is 0 Å². The van der Waals surface area contributed by atoms with E-state index in [1.54, 1.807) is 13.0 Å². The molecule has 144 valence electrons. The van der Waals surface area contributed by atoms with E-state index in [1.165, 1.54) is 0 Å². The summed E-state index contributed by atoms with van der Waals surface area (Å²) in [6.45, 7) is 9.62. The van der Waals surface area contributed by atoms with Crippen LogP contribution in [0.3, 0.4) is 0 Å². The summed E-state index contributed by atoms with van der Waals surface area (Å²) in [5.41, 5.74) is 1.33. The minimum Gasteiger partial charge on any atom is -0.491 e. The van der Waals surface area contributed by atoms with E-state index in [0.717, 1.165) is 37.4 Å². The highest BCUT2D eigenvalue weighted by atomic mass is 16.5. The highest BCUT2D eigenvalue weighted by molar-refractivity contribution is 5.93. The normalized spacial score (nSPS) is 15.1. The molecule has 2 aromatic rings. The second kappa shape index (κ2) is 8.37. The summed E-state index contributed by atoms with van der Waals surface area (Å²) in [5, 5.41) is 3.25. The smallest absolute Gasteiger partial charge is 0.272 e. The number of aromatic nitrogens is 2. The second-order valence-electron chi connectivity index (χ2n) is 7.48. The average molecular weight is 368 g/mol. The number of carbonyl (C=O) groups excluding carboxylic acids is 1. The maximum atomic E-state index is 12.8. The predicted molar refractivity (Wildman–Crippen MR) is 107 cm³/mol. The standard InChI is InChI=1S/C21H28N4O2/c1-14(2)27-18-7-5-17(6-8-18)24-20-13-19(22-16(4)23-20)21(26)25-11-9-15(3)10-12-25/h5-8,13-15H,9-12H2,1-4H3,(H,22,23,24). The quantitative estimate of drug-likeness (QED) is 0.857. The van der Waals surface area contributed by atoms with Crippen molar-refractivity contribution in [1.29, 1.82) is 0 Å². The molecule has 6 heteroatoms. The third-order valence-electron chi connectivity index (χ3n) is 4.63. The Morgan fingerprint density at radius 2 is 1.85 bits per heavy atom. The number of benzene rings is 1. The molecule has 1 fully saturated rings. The molecule has 2 heterocycles. The molecular formula is C21H28N4O2. The summed E-state index contributed by atoms with van der Waals surface area (Å²) in [5.74, 6) is 2.68. The van der Waals surface area contributed by atoms with E-state index in [4.69, 9.17) is 4.74 Å². The van der Waals surface area contributed by atoms with Crippen LogP contribution in [0.4, 0.5) is 11.5 Å². The first-order valence-electron chi connectivity index (χ1n) is 9.59. The summed E-state index contributed by atoms with van der Waals surface area (Å²) < 4.78 is 5.66. The molecule has 3 rings (SSSR count). The van der Waals surface area contributed by atoms with Crippen molar-refractivity contribution in [3.05, 3.63) is 41.9 Å². The van der Waals surface area contributed by atoms with Gasteiger partial charge in [-0.1, -0.05) is 6.92 Å². The molecule has 0 unspecified atom stereocenters. The van der Waals surface area contributed by atoms with Gasteiger partial charge in [0.05, 0.1) is 6.10 Å². The van der Waals surface area contributed by atoms with E-state index in [1.807, 2.05) is 43.0 Å². The Labute approximate surface area is 161 Å². The zero-order chi connectivity index (χ0) is 19.4. The van der Waals surface area contributed by atoms with Crippen molar-refractivity contribution in [2.24, 2.45) is 5.92 Å². The van der Waals surface area contributed by atoms with Crippen LogP contribution in [-0.2, 0) is 0 Å². The van der Waals surface area contributed by atoms with Gasteiger partial charge in [0.25, 0.3) is 5.91 Å². The molecule has 0 aliphatic carbocycles. The van der Waals surface area contributed by atoms with Gasteiger partial charge in [0.2, 0.25) is 0 Å². The topological polar surface area (TPSA) is 67.4 Å². The lowest BCUT2D eigenvalue weighted by molar-refractivity contribution is 0.0691. The van der Waals surface area contributed by atoms with E-state index >= 15 is 0 Å². The van der Waals surface area contributed by atoms with Gasteiger partial charge in [0, 0.05) is 24.8 Å². The van der Waals surface area contributed by atoms with Gasteiger partial charge in [-0.3, -0.25) is 4.79 Å². The highest BCUT2D eigenvalue weighted by Gasteiger charge is 2.23. The first-order chi connectivity index (χ1) is 12.9. The molecule has 6 nitrogen and oxygen atoms in total. The number of likely N-dealkylation sites (tertiary alicyclic amines) is 1. The highest BCUT2D eigenvalue weighted by Crippen LogP contribution is 2.22. The van der Waals surface area contributed by atoms with Crippen molar-refractivity contribution in [3.63, 3.8) is 0 Å². The molecule has 1 aliphatic heterocycles. The number of nitrogens with zero attached hydrogens (tertiary/aromatic N) is 3. The number of piperidine rings is 1. The van der Waals surface area contributed by atoms with Gasteiger partial charge in [-0.05, 0) is 63.8 Å². The number of carbonyl (C=O) groups is 1. The summed E-state index contributed by atoms with van der Waals surface area (Å²) in [6.07, 6.45) is 2.23. The van der Waals surface area contributed by atoms with Crippen LogP contribution < -0.4 is 10.1 Å². The first-order valence-corrected chi connectivity index (χ1v) is 9.59. The molecule has 27 heavy (non-hydrogen) atoms. The van der Waals surface area contributed by atoms with E-state index in [0.29, 0.717) is 23.3 Å². The van der Waals surface area contributed by atoms with Gasteiger partial charge in [0.15, 0.2) is 0 Å². The molecule has 0 spiro atoms. The van der Waals surface area contributed by atoms with Gasteiger partial charge in [0.1, 0.15) is 23.1 Å². The van der Waals surface area contributed by atoms with Gasteiger partial charge in [-0.15, -0.1) is 0 Å². The van der Waals surface area contributed by atoms with Gasteiger partial charge < -0.3 is 15.0 Å². The van der Waals surface area contributed by atoms with Crippen LogP contribution in [0.5, 0.6) is 5.75 Å². The van der Waals surface area contributed by atoms with Crippen LogP contribution in [0.1, 0.15) is 49.9 Å². The number of nitrogens with one attached hydrogen (secondary N) is 1. The third kappa shape index (κ3) is 5.18. The fourth-order valence-corrected chi connectivity index (χ4v) is 3.15. The minimum absolute atomic E-state index is 0.0175. The SMILES string of the molecule is Cc1nc(Nc2ccc(OC(C)C)cc2)cc(C(=O)N2CCC(C)CC2)n1. The van der Waals surface area contributed by atoms with Crippen molar-refractivity contribution >= 4 is 17.4 Å². The summed E-state index contributed by atoms with van der Waals surface area (Å²) in [4.78, 5) is 23.5. The fraction of sp³-hybridized carbons (Fsp3) is 0.476. The Hall–Kier alpha value is -2.63. The Bertz CT molecular complexity index is 781. The monoisotopic (exact) mass is 368 g/mol. The molecule has 1 N–H and O–H groups in total. The zero-order valence-corrected chi connectivity index (χ0v) is 16.5. The maximum absolute atomic E-state index is 12.8. The van der Waals surface area contributed by atoms with Gasteiger partial charge in [-0.25, -0.2) is 9.97 Å². The molecular weight excluding hydrogens is 340 g/mol. The molecule has 0 bridgehead atoms. The first kappa shape index (κ1) is 19.1. The molecule has 0 saturated carbocycles. The molecule has 0 atom stereocenters. The van der Waals surface area contributed by atoms with Crippen LogP contribution in [0.15, 0.2) is 30.3 Å². The lowest BCUT2D eigenvalue weighted by Gasteiger charge is -2.30. The Balaban J connectivity index is 1.72. The number of rotatable bonds is 5. The Morgan fingerprint density at radius 1 is 1.19 bits per heavy atom. The summed E-state index contributed by atoms with van der Waals surface area (Å²) >= 11 is 0. The number of anilines is 2. The fourth-order valence-electron chi connectivity index (χ4n) is 3.15. The van der Waals surface area contributed by atoms with Crippen molar-refractivity contribution in [1.82, 2.24) is 14.9 Å². The van der Waals surface area contributed by atoms with E-state index in [-0.39, 0.29) is 12.0 Å². The van der Waals surface area contributed by atoms with Crippen molar-refractivity contribution in [2.75, 3.05) is 18.4 Å². The maximum Gasteiger partial charge on any atom is 0.272 e. The van der Waals surface area contributed by atoms with Crippen LogP contribution in [0.2, 0.25) is 0 Å². The Kier molecular flexibility index (Phi) is 5.94. The van der Waals surface area contributed by atoms with E-state index in [2.05, 4.69) is 22.2 Å². The van der Waals surface area contributed by atoms with Crippen molar-refractivity contribution in [2.45, 2.75) is 46.6 Å². The molecule has 1 amide bonds. The predicted octanol–water partition coefficient (Wildman–Crippen LogP) is 4.19. The number of hydrogen-bond acceptors (Lipinski definition) is 5. The van der Waals surface area contributed by atoms with Crippen LogP contribution >= 0.6 is 0 Å². The molecule has 1 aliphatic rings. The molecule has 1 saturated heterocycles. The molecule has 1 aromatic heterocycles. The number of amides is 1. The molecule has 1 aromatic carbocycles. The van der Waals surface area contributed by atoms with Crippen LogP contribution in [0, 0.1) is 12.8 Å². The minimum atomic E-state index is -0.0175. The van der Waals surface area contributed by atoms with Crippen LogP contribution in [-0.4, -0.2) is 40.0 Å². The second-order valence-corrected chi connectivity index (χ2v) is 7.48. The lowest BCUT2D eigenvalue weighted by Crippen LogP contribution is -2.38. The number of aryl methyl sites for hydroxylation is 1. The average Bonchev–Trinajstić information content (AvgIpc) is 2.62. The third-order valence-corrected chi connectivity index (χ3v) is 4.63. The summed E-state index contributed by atoms with van der Waals surface area (Å²) in [7, 11) is 0. The van der Waals surface area contributed by atoms with Crippen molar-refractivity contribution < 1.29 is 9.53 Å². The van der Waals surface area contributed by atoms with E-state index in [9.17, 15) is 4.79 Å². The van der Waals surface area contributed by atoms with E-state index < -0.39 is 0 Å². The van der Waals surface area contributed by atoms with Crippen LogP contribution in [0.25, 0.3) is 0 Å². The summed E-state index contributed by atoms with van der Waals surface area (Å²) in [6, 6.07) is 9.42. The number of ether oxygens (including phenoxy) is 1. The Morgan fingerprint density at radius 3 is 2.48 bits per heavy atom. The number of hydrogen-bond donors (Lipinski definition) is 1. The lowest BCUT2D eigenvalue weighted by atomic mass is 9.99. The zero-order valence-electron chi connectivity index (χ0n) is 16.5. The van der Waals surface area contributed by atoms with Gasteiger partial charge in [-0.2, -0.15) is 0 Å². The largest absolute Gasteiger partial charge is 0.491 e.